The molecule has 0 radical (unpaired) electrons. The van der Waals surface area contributed by atoms with Crippen molar-refractivity contribution < 1.29 is 0 Å². The van der Waals surface area contributed by atoms with Gasteiger partial charge in [-0.25, -0.2) is 0 Å². The molecule has 2 heteroatoms. The van der Waals surface area contributed by atoms with Crippen molar-refractivity contribution in [2.75, 3.05) is 20.6 Å². The maximum absolute atomic E-state index is 3.68. The Kier molecular flexibility index (Phi) is 6.23. The minimum absolute atomic E-state index is 0.427. The lowest BCUT2D eigenvalue weighted by Crippen LogP contribution is -2.41. The highest BCUT2D eigenvalue weighted by molar-refractivity contribution is 5.20. The fraction of sp³-hybridized carbons (Fsp3) is 0.600. The molecular weight excluding hydrogens is 208 g/mol. The summed E-state index contributed by atoms with van der Waals surface area (Å²) in [6, 6.07) is 11.7. The highest BCUT2D eigenvalue weighted by Crippen LogP contribution is 2.21. The lowest BCUT2D eigenvalue weighted by Gasteiger charge is -2.32. The van der Waals surface area contributed by atoms with E-state index in [1.54, 1.807) is 0 Å². The Balaban J connectivity index is 2.86. The maximum atomic E-state index is 3.68. The maximum Gasteiger partial charge on any atom is 0.0477 e. The van der Waals surface area contributed by atoms with Crippen LogP contribution in [0.25, 0.3) is 0 Å². The molecule has 0 saturated heterocycles. The molecule has 0 aliphatic rings. The van der Waals surface area contributed by atoms with Crippen LogP contribution in [0.5, 0.6) is 0 Å². The van der Waals surface area contributed by atoms with Gasteiger partial charge in [0.25, 0.3) is 0 Å². The van der Waals surface area contributed by atoms with Gasteiger partial charge in [-0.3, -0.25) is 0 Å². The predicted octanol–water partition coefficient (Wildman–Crippen LogP) is 3.07. The second-order valence-electron chi connectivity index (χ2n) is 4.78. The van der Waals surface area contributed by atoms with Crippen molar-refractivity contribution in [2.24, 2.45) is 0 Å². The molecule has 1 aromatic rings. The van der Waals surface area contributed by atoms with Gasteiger partial charge in [0.2, 0.25) is 0 Å². The van der Waals surface area contributed by atoms with Gasteiger partial charge in [-0.05, 0) is 39.0 Å². The molecule has 0 fully saturated rings. The summed E-state index contributed by atoms with van der Waals surface area (Å²) in [7, 11) is 4.33. The van der Waals surface area contributed by atoms with Crippen LogP contribution in [0, 0.1) is 0 Å². The van der Waals surface area contributed by atoms with Crippen molar-refractivity contribution in [3.8, 4) is 0 Å². The van der Waals surface area contributed by atoms with E-state index in [0.29, 0.717) is 12.1 Å². The van der Waals surface area contributed by atoms with E-state index >= 15 is 0 Å². The van der Waals surface area contributed by atoms with E-state index in [-0.39, 0.29) is 0 Å². The van der Waals surface area contributed by atoms with Crippen LogP contribution in [-0.4, -0.2) is 31.6 Å². The van der Waals surface area contributed by atoms with Gasteiger partial charge in [0.15, 0.2) is 0 Å². The number of likely N-dealkylation sites (N-methyl/N-ethyl adjacent to an activating group) is 1. The molecule has 2 unspecified atom stereocenters. The summed E-state index contributed by atoms with van der Waals surface area (Å²) in [6.45, 7) is 5.55. The second kappa shape index (κ2) is 7.46. The minimum atomic E-state index is 0.427. The van der Waals surface area contributed by atoms with E-state index in [1.807, 2.05) is 0 Å². The van der Waals surface area contributed by atoms with Crippen LogP contribution in [0.15, 0.2) is 30.3 Å². The summed E-state index contributed by atoms with van der Waals surface area (Å²) < 4.78 is 0. The zero-order valence-electron chi connectivity index (χ0n) is 11.6. The number of benzene rings is 1. The van der Waals surface area contributed by atoms with Crippen molar-refractivity contribution in [2.45, 2.75) is 38.8 Å². The van der Waals surface area contributed by atoms with Gasteiger partial charge in [-0.1, -0.05) is 44.2 Å². The zero-order chi connectivity index (χ0) is 12.7. The van der Waals surface area contributed by atoms with Crippen LogP contribution in [0.2, 0.25) is 0 Å². The van der Waals surface area contributed by atoms with Gasteiger partial charge < -0.3 is 10.2 Å². The first-order chi connectivity index (χ1) is 8.20. The molecule has 96 valence electrons. The van der Waals surface area contributed by atoms with E-state index in [0.717, 1.165) is 13.0 Å². The molecule has 0 amide bonds. The van der Waals surface area contributed by atoms with Crippen molar-refractivity contribution in [3.63, 3.8) is 0 Å². The third-order valence-corrected chi connectivity index (χ3v) is 3.24. The normalized spacial score (nSPS) is 14.9. The van der Waals surface area contributed by atoms with Crippen molar-refractivity contribution in [1.29, 1.82) is 0 Å². The SMILES string of the molecule is CCCNC(c1ccccc1)C(CC)N(C)C. The molecule has 0 bridgehead atoms. The van der Waals surface area contributed by atoms with Crippen LogP contribution >= 0.6 is 0 Å². The van der Waals surface area contributed by atoms with Gasteiger partial charge >= 0.3 is 0 Å². The standard InChI is InChI=1S/C15H26N2/c1-5-12-16-15(14(6-2)17(3)4)13-10-8-7-9-11-13/h7-11,14-16H,5-6,12H2,1-4H3. The quantitative estimate of drug-likeness (QED) is 0.780. The van der Waals surface area contributed by atoms with Crippen LogP contribution < -0.4 is 5.32 Å². The molecule has 17 heavy (non-hydrogen) atoms. The monoisotopic (exact) mass is 234 g/mol. The Morgan fingerprint density at radius 2 is 1.76 bits per heavy atom. The molecule has 0 aliphatic carbocycles. The summed E-state index contributed by atoms with van der Waals surface area (Å²) in [5.41, 5.74) is 1.39. The molecular formula is C15H26N2. The van der Waals surface area contributed by atoms with Gasteiger partial charge in [0.1, 0.15) is 0 Å². The Labute approximate surface area is 106 Å². The Morgan fingerprint density at radius 1 is 1.12 bits per heavy atom. The van der Waals surface area contributed by atoms with E-state index in [4.69, 9.17) is 0 Å². The summed E-state index contributed by atoms with van der Waals surface area (Å²) >= 11 is 0. The summed E-state index contributed by atoms with van der Waals surface area (Å²) in [6.07, 6.45) is 2.33. The molecule has 2 nitrogen and oxygen atoms in total. The van der Waals surface area contributed by atoms with E-state index < -0.39 is 0 Å². The van der Waals surface area contributed by atoms with E-state index in [9.17, 15) is 0 Å². The molecule has 0 aromatic heterocycles. The van der Waals surface area contributed by atoms with Gasteiger partial charge in [0, 0.05) is 12.1 Å². The summed E-state index contributed by atoms with van der Waals surface area (Å²) in [5.74, 6) is 0. The molecule has 2 atom stereocenters. The number of hydrogen-bond donors (Lipinski definition) is 1. The smallest absolute Gasteiger partial charge is 0.0477 e. The average molecular weight is 234 g/mol. The lowest BCUT2D eigenvalue weighted by molar-refractivity contribution is 0.222. The largest absolute Gasteiger partial charge is 0.309 e. The third kappa shape index (κ3) is 4.14. The molecule has 0 heterocycles. The Bertz CT molecular complexity index is 295. The Hall–Kier alpha value is -0.860. The molecule has 0 spiro atoms. The minimum Gasteiger partial charge on any atom is -0.309 e. The summed E-state index contributed by atoms with van der Waals surface area (Å²) in [5, 5.41) is 3.68. The van der Waals surface area contributed by atoms with Crippen molar-refractivity contribution in [3.05, 3.63) is 35.9 Å². The van der Waals surface area contributed by atoms with Crippen LogP contribution in [0.3, 0.4) is 0 Å². The van der Waals surface area contributed by atoms with Crippen LogP contribution in [0.4, 0.5) is 0 Å². The number of nitrogens with one attached hydrogen (secondary N) is 1. The Morgan fingerprint density at radius 3 is 2.24 bits per heavy atom. The van der Waals surface area contributed by atoms with Crippen LogP contribution in [-0.2, 0) is 0 Å². The number of hydrogen-bond acceptors (Lipinski definition) is 2. The number of nitrogens with zero attached hydrogens (tertiary/aromatic N) is 1. The van der Waals surface area contributed by atoms with Crippen LogP contribution in [0.1, 0.15) is 38.3 Å². The van der Waals surface area contributed by atoms with Crippen molar-refractivity contribution in [1.82, 2.24) is 10.2 Å². The summed E-state index contributed by atoms with van der Waals surface area (Å²) in [4.78, 5) is 2.32. The molecule has 1 rings (SSSR count). The first-order valence-electron chi connectivity index (χ1n) is 6.65. The van der Waals surface area contributed by atoms with E-state index in [1.165, 1.54) is 12.0 Å². The lowest BCUT2D eigenvalue weighted by atomic mass is 9.96. The fourth-order valence-corrected chi connectivity index (χ4v) is 2.34. The fourth-order valence-electron chi connectivity index (χ4n) is 2.34. The molecule has 1 aromatic carbocycles. The highest BCUT2D eigenvalue weighted by atomic mass is 15.1. The van der Waals surface area contributed by atoms with Gasteiger partial charge in [-0.15, -0.1) is 0 Å². The zero-order valence-corrected chi connectivity index (χ0v) is 11.6. The first kappa shape index (κ1) is 14.2. The van der Waals surface area contributed by atoms with Gasteiger partial charge in [-0.2, -0.15) is 0 Å². The van der Waals surface area contributed by atoms with Gasteiger partial charge in [0.05, 0.1) is 0 Å². The second-order valence-corrected chi connectivity index (χ2v) is 4.78. The predicted molar refractivity (Wildman–Crippen MR) is 75.2 cm³/mol. The molecule has 0 saturated carbocycles. The highest BCUT2D eigenvalue weighted by Gasteiger charge is 2.22. The molecule has 0 aliphatic heterocycles. The molecule has 1 N–H and O–H groups in total. The average Bonchev–Trinajstić information content (AvgIpc) is 2.35. The van der Waals surface area contributed by atoms with E-state index in [2.05, 4.69) is 68.5 Å². The number of rotatable bonds is 7. The third-order valence-electron chi connectivity index (χ3n) is 3.24. The van der Waals surface area contributed by atoms with Crippen molar-refractivity contribution >= 4 is 0 Å². The first-order valence-corrected chi connectivity index (χ1v) is 6.65. The topological polar surface area (TPSA) is 15.3 Å².